The van der Waals surface area contributed by atoms with E-state index in [1.807, 2.05) is 30.3 Å². The molecule has 13 heteroatoms. The van der Waals surface area contributed by atoms with Crippen LogP contribution in [0.15, 0.2) is 82.6 Å². The number of ether oxygens (including phenoxy) is 3. The molecule has 0 spiro atoms. The molecular weight excluding hydrogens is 679 g/mol. The van der Waals surface area contributed by atoms with E-state index in [0.717, 1.165) is 21.9 Å². The Morgan fingerprint density at radius 1 is 0.940 bits per heavy atom. The summed E-state index contributed by atoms with van der Waals surface area (Å²) >= 11 is 2.79. The number of esters is 1. The molecule has 3 aromatic carbocycles. The van der Waals surface area contributed by atoms with Crippen molar-refractivity contribution in [3.8, 4) is 11.5 Å². The quantitative estimate of drug-likeness (QED) is 0.174. The minimum Gasteiger partial charge on any atom is -0.493 e. The highest BCUT2D eigenvalue weighted by Crippen LogP contribution is 2.68. The van der Waals surface area contributed by atoms with Crippen LogP contribution in [0.25, 0.3) is 0 Å². The lowest BCUT2D eigenvalue weighted by Crippen LogP contribution is -2.42. The van der Waals surface area contributed by atoms with Gasteiger partial charge in [-0.1, -0.05) is 35.6 Å². The van der Waals surface area contributed by atoms with Crippen LogP contribution < -0.4 is 24.6 Å². The number of imide groups is 1. The molecule has 1 aromatic heterocycles. The Kier molecular flexibility index (Phi) is 8.26. The van der Waals surface area contributed by atoms with Crippen molar-refractivity contribution in [1.82, 2.24) is 4.98 Å². The number of aromatic amines is 1. The highest BCUT2D eigenvalue weighted by Gasteiger charge is 2.69. The van der Waals surface area contributed by atoms with Gasteiger partial charge in [-0.3, -0.25) is 24.1 Å². The molecule has 256 valence electrons. The molecule has 4 aromatic rings. The molecule has 4 aliphatic rings. The highest BCUT2D eigenvalue weighted by atomic mass is 32.2. The van der Waals surface area contributed by atoms with Crippen molar-refractivity contribution >= 4 is 58.2 Å². The predicted molar refractivity (Wildman–Crippen MR) is 187 cm³/mol. The Balaban J connectivity index is 1.08. The number of amides is 3. The van der Waals surface area contributed by atoms with E-state index in [1.165, 1.54) is 23.3 Å². The third-order valence-corrected chi connectivity index (χ3v) is 12.9. The van der Waals surface area contributed by atoms with Crippen molar-refractivity contribution in [2.75, 3.05) is 30.5 Å². The molecule has 7 atom stereocenters. The SMILES string of the molecule is CCOC(=O)c1ccc(N2C(=O)C3C4CC(C3C2=O)C2C4Sc3[nH]c(=O)sc3[C@@H]2c2ccc(OCC(=O)Nc3ccccc3)c(OC)c2)cc1. The van der Waals surface area contributed by atoms with E-state index in [0.29, 0.717) is 28.4 Å². The summed E-state index contributed by atoms with van der Waals surface area (Å²) in [6, 6.07) is 21.1. The number of nitrogens with zero attached hydrogens (tertiary/aromatic N) is 1. The lowest BCUT2D eigenvalue weighted by atomic mass is 9.68. The van der Waals surface area contributed by atoms with Gasteiger partial charge in [0, 0.05) is 21.7 Å². The summed E-state index contributed by atoms with van der Waals surface area (Å²) in [6.45, 7) is 1.76. The maximum absolute atomic E-state index is 14.1. The van der Waals surface area contributed by atoms with Gasteiger partial charge in [0.05, 0.1) is 41.8 Å². The Morgan fingerprint density at radius 3 is 2.40 bits per heavy atom. The van der Waals surface area contributed by atoms with E-state index in [4.69, 9.17) is 14.2 Å². The number of hydrogen-bond acceptors (Lipinski definition) is 10. The van der Waals surface area contributed by atoms with Gasteiger partial charge in [-0.05, 0) is 85.2 Å². The van der Waals surface area contributed by atoms with Crippen LogP contribution in [0.3, 0.4) is 0 Å². The van der Waals surface area contributed by atoms with Gasteiger partial charge in [0.1, 0.15) is 0 Å². The predicted octanol–water partition coefficient (Wildman–Crippen LogP) is 5.32. The van der Waals surface area contributed by atoms with Crippen molar-refractivity contribution < 1.29 is 33.4 Å². The van der Waals surface area contributed by atoms with Crippen molar-refractivity contribution in [1.29, 1.82) is 0 Å². The number of H-pyrrole nitrogens is 1. The zero-order valence-electron chi connectivity index (χ0n) is 27.1. The molecule has 3 fully saturated rings. The van der Waals surface area contributed by atoms with E-state index in [2.05, 4.69) is 10.3 Å². The molecule has 8 rings (SSSR count). The maximum Gasteiger partial charge on any atom is 0.338 e. The summed E-state index contributed by atoms with van der Waals surface area (Å²) < 4.78 is 16.7. The van der Waals surface area contributed by atoms with E-state index < -0.39 is 17.8 Å². The summed E-state index contributed by atoms with van der Waals surface area (Å²) in [7, 11) is 1.54. The van der Waals surface area contributed by atoms with Crippen LogP contribution in [0.1, 0.15) is 40.1 Å². The van der Waals surface area contributed by atoms with E-state index >= 15 is 0 Å². The average Bonchev–Trinajstić information content (AvgIpc) is 3.86. The van der Waals surface area contributed by atoms with Gasteiger partial charge in [0.15, 0.2) is 18.1 Å². The third-order valence-electron chi connectivity index (χ3n) is 10.3. The first-order valence-corrected chi connectivity index (χ1v) is 18.2. The number of nitrogens with one attached hydrogen (secondary N) is 2. The van der Waals surface area contributed by atoms with Crippen molar-refractivity contribution in [3.05, 3.63) is 98.5 Å². The molecule has 1 saturated heterocycles. The first-order chi connectivity index (χ1) is 24.3. The number of carbonyl (C=O) groups is 4. The van der Waals surface area contributed by atoms with Gasteiger partial charge in [0.25, 0.3) is 5.91 Å². The van der Waals surface area contributed by atoms with Crippen LogP contribution in [-0.4, -0.2) is 54.2 Å². The molecule has 50 heavy (non-hydrogen) atoms. The molecule has 2 N–H and O–H groups in total. The first kappa shape index (κ1) is 32.3. The number of anilines is 2. The minimum atomic E-state index is -0.480. The zero-order chi connectivity index (χ0) is 34.7. The van der Waals surface area contributed by atoms with Crippen molar-refractivity contribution in [2.24, 2.45) is 29.6 Å². The lowest BCUT2D eigenvalue weighted by Gasteiger charge is -2.43. The number of methoxy groups -OCH3 is 1. The molecule has 0 radical (unpaired) electrons. The smallest absolute Gasteiger partial charge is 0.338 e. The number of carbonyl (C=O) groups excluding carboxylic acids is 4. The molecule has 2 bridgehead atoms. The highest BCUT2D eigenvalue weighted by molar-refractivity contribution is 8.00. The summed E-state index contributed by atoms with van der Waals surface area (Å²) in [5.74, 6) is -1.66. The lowest BCUT2D eigenvalue weighted by molar-refractivity contribution is -0.123. The van der Waals surface area contributed by atoms with Crippen LogP contribution in [0.2, 0.25) is 0 Å². The van der Waals surface area contributed by atoms with Crippen LogP contribution in [0, 0.1) is 29.6 Å². The first-order valence-electron chi connectivity index (χ1n) is 16.5. The minimum absolute atomic E-state index is 0.00972. The van der Waals surface area contributed by atoms with Gasteiger partial charge < -0.3 is 24.5 Å². The molecule has 2 aliphatic carbocycles. The van der Waals surface area contributed by atoms with E-state index in [-0.39, 0.29) is 64.7 Å². The second kappa shape index (κ2) is 12.8. The molecule has 11 nitrogen and oxygen atoms in total. The van der Waals surface area contributed by atoms with Crippen LogP contribution in [0.4, 0.5) is 11.4 Å². The van der Waals surface area contributed by atoms with Crippen molar-refractivity contribution in [2.45, 2.75) is 29.5 Å². The fraction of sp³-hybridized carbons (Fsp3) is 0.324. The van der Waals surface area contributed by atoms with Gasteiger partial charge in [-0.25, -0.2) is 4.79 Å². The molecule has 2 saturated carbocycles. The van der Waals surface area contributed by atoms with Crippen molar-refractivity contribution in [3.63, 3.8) is 0 Å². The van der Waals surface area contributed by atoms with E-state index in [9.17, 15) is 24.0 Å². The Hall–Kier alpha value is -4.88. The summed E-state index contributed by atoms with van der Waals surface area (Å²) in [5, 5.41) is 3.62. The van der Waals surface area contributed by atoms with Crippen LogP contribution >= 0.6 is 23.1 Å². The Morgan fingerprint density at radius 2 is 1.68 bits per heavy atom. The zero-order valence-corrected chi connectivity index (χ0v) is 28.8. The number of rotatable bonds is 9. The molecule has 6 unspecified atom stereocenters. The molecule has 3 heterocycles. The van der Waals surface area contributed by atoms with Gasteiger partial charge in [-0.2, -0.15) is 0 Å². The van der Waals surface area contributed by atoms with Crippen LogP contribution in [-0.2, 0) is 19.1 Å². The Labute approximate surface area is 295 Å². The standard InChI is InChI=1S/C37H33N3O8S2/c1-3-47-36(44)18-9-12-21(13-10-18)40-34(42)29-22-16-23(30(29)35(40)43)31-28(22)27(32-33(49-31)39-37(45)50-32)19-11-14-24(25(15-19)46-2)48-17-26(41)38-20-7-5-4-6-8-20/h4-15,22-23,27-31H,3,16-17H2,1-2H3,(H,38,41)(H,39,45)/t22?,23?,27-,28?,29?,30?,31?/m1/s1. The number of fused-ring (bicyclic) bond motifs is 9. The molecule has 3 amide bonds. The topological polar surface area (TPSA) is 144 Å². The monoisotopic (exact) mass is 711 g/mol. The Bertz CT molecular complexity index is 2060. The third kappa shape index (κ3) is 5.30. The fourth-order valence-corrected chi connectivity index (χ4v) is 11.4. The second-order valence-corrected chi connectivity index (χ2v) is 15.1. The number of aromatic nitrogens is 1. The number of benzene rings is 3. The number of thiazole rings is 1. The number of para-hydroxylation sites is 1. The molecular formula is C37H33N3O8S2. The summed E-state index contributed by atoms with van der Waals surface area (Å²) in [4.78, 5) is 70.7. The van der Waals surface area contributed by atoms with E-state index in [1.54, 1.807) is 61.2 Å². The second-order valence-electron chi connectivity index (χ2n) is 12.9. The summed E-state index contributed by atoms with van der Waals surface area (Å²) in [6.07, 6.45) is 0.745. The van der Waals surface area contributed by atoms with Gasteiger partial charge in [0.2, 0.25) is 11.8 Å². The fourth-order valence-electron chi connectivity index (χ4n) is 8.46. The number of hydrogen-bond donors (Lipinski definition) is 2. The van der Waals surface area contributed by atoms with Crippen LogP contribution in [0.5, 0.6) is 11.5 Å². The van der Waals surface area contributed by atoms with Gasteiger partial charge in [-0.15, -0.1) is 11.8 Å². The molecule has 2 aliphatic heterocycles. The van der Waals surface area contributed by atoms with Gasteiger partial charge >= 0.3 is 10.8 Å². The normalized spacial score (nSPS) is 25.9. The average molecular weight is 712 g/mol. The number of thioether (sulfide) groups is 1. The maximum atomic E-state index is 14.1. The largest absolute Gasteiger partial charge is 0.493 e. The summed E-state index contributed by atoms with van der Waals surface area (Å²) in [5.41, 5.74) is 2.36.